The van der Waals surface area contributed by atoms with Gasteiger partial charge in [0.15, 0.2) is 23.3 Å². The lowest BCUT2D eigenvalue weighted by molar-refractivity contribution is 0.381. The van der Waals surface area contributed by atoms with Crippen LogP contribution >= 0.6 is 23.2 Å². The third-order valence-electron chi connectivity index (χ3n) is 4.22. The fraction of sp³-hybridized carbons (Fsp3) is 0.286. The Hall–Kier alpha value is -2.12. The molecule has 1 N–H and O–H groups in total. The highest BCUT2D eigenvalue weighted by atomic mass is 35.5. The summed E-state index contributed by atoms with van der Waals surface area (Å²) in [7, 11) is 0. The van der Waals surface area contributed by atoms with Gasteiger partial charge in [-0.1, -0.05) is 61.5 Å². The van der Waals surface area contributed by atoms with Crippen LogP contribution in [0, 0.1) is 29.1 Å². The number of nitrogens with zero attached hydrogens (tertiary/aromatic N) is 1. The number of hydrazone groups is 1. The van der Waals surface area contributed by atoms with Crippen LogP contribution in [0.3, 0.4) is 0 Å². The highest BCUT2D eigenvalue weighted by Crippen LogP contribution is 2.27. The van der Waals surface area contributed by atoms with Crippen molar-refractivity contribution in [1.82, 2.24) is 0 Å². The second-order valence-electron chi connectivity index (χ2n) is 6.48. The summed E-state index contributed by atoms with van der Waals surface area (Å²) in [6, 6.07) is 4.93. The number of halogens is 7. The molecule has 0 aliphatic rings. The van der Waals surface area contributed by atoms with Crippen LogP contribution in [0.5, 0.6) is 0 Å². The topological polar surface area (TPSA) is 24.4 Å². The summed E-state index contributed by atoms with van der Waals surface area (Å²) in [5, 5.41) is 4.60. The summed E-state index contributed by atoms with van der Waals surface area (Å²) < 4.78 is 67.6. The van der Waals surface area contributed by atoms with Crippen molar-refractivity contribution < 1.29 is 22.0 Å². The Bertz CT molecular complexity index is 932. The van der Waals surface area contributed by atoms with Gasteiger partial charge in [0.05, 0.1) is 15.8 Å². The van der Waals surface area contributed by atoms with Crippen LogP contribution in [0.25, 0.3) is 6.08 Å². The summed E-state index contributed by atoms with van der Waals surface area (Å²) in [5.74, 6) is -10.3. The lowest BCUT2D eigenvalue weighted by Crippen LogP contribution is -2.08. The van der Waals surface area contributed by atoms with Crippen molar-refractivity contribution in [3.8, 4) is 0 Å². The highest BCUT2D eigenvalue weighted by molar-refractivity contribution is 6.42. The first-order chi connectivity index (χ1) is 14.3. The van der Waals surface area contributed by atoms with Crippen LogP contribution in [-0.2, 0) is 0 Å². The van der Waals surface area contributed by atoms with Crippen LogP contribution in [-0.4, -0.2) is 5.71 Å². The Morgan fingerprint density at radius 1 is 0.900 bits per heavy atom. The molecule has 0 spiro atoms. The second-order valence-corrected chi connectivity index (χ2v) is 7.29. The molecule has 0 unspecified atom stereocenters. The molecule has 0 saturated heterocycles. The first-order valence-corrected chi connectivity index (χ1v) is 9.99. The summed E-state index contributed by atoms with van der Waals surface area (Å²) in [6.07, 6.45) is 7.30. The minimum absolute atomic E-state index is 0.347. The van der Waals surface area contributed by atoms with Gasteiger partial charge in [-0.25, -0.2) is 22.0 Å². The van der Waals surface area contributed by atoms with E-state index < -0.39 is 34.8 Å². The van der Waals surface area contributed by atoms with E-state index in [9.17, 15) is 22.0 Å². The standard InChI is InChI=1S/C21H19Cl2F5N2/c1-2-3-4-5-6-13(9-7-12-8-10-14(22)15(23)11-12)29-30-21-19(27)17(25)16(24)18(26)20(21)28/h7-11,30H,2-6H2,1H3. The predicted octanol–water partition coefficient (Wildman–Crippen LogP) is 8.14. The molecule has 2 nitrogen and oxygen atoms in total. The van der Waals surface area contributed by atoms with Gasteiger partial charge >= 0.3 is 0 Å². The SMILES string of the molecule is CCCCCCC(C=Cc1ccc(Cl)c(Cl)c1)=NNc1c(F)c(F)c(F)c(F)c1F. The number of rotatable bonds is 9. The van der Waals surface area contributed by atoms with E-state index in [1.807, 2.05) is 12.3 Å². The maximum atomic E-state index is 13.8. The lowest BCUT2D eigenvalue weighted by Gasteiger charge is -2.09. The Balaban J connectivity index is 2.29. The number of hydrogen-bond donors (Lipinski definition) is 1. The Morgan fingerprint density at radius 3 is 2.13 bits per heavy atom. The van der Waals surface area contributed by atoms with E-state index in [-0.39, 0.29) is 0 Å². The molecule has 0 radical (unpaired) electrons. The maximum Gasteiger partial charge on any atom is 0.200 e. The van der Waals surface area contributed by atoms with Gasteiger partial charge in [0.25, 0.3) is 0 Å². The Kier molecular flexibility index (Phi) is 9.11. The van der Waals surface area contributed by atoms with Gasteiger partial charge in [0.2, 0.25) is 5.82 Å². The number of allylic oxidation sites excluding steroid dienone is 1. The van der Waals surface area contributed by atoms with E-state index in [1.165, 1.54) is 0 Å². The smallest absolute Gasteiger partial charge is 0.200 e. The first-order valence-electron chi connectivity index (χ1n) is 9.23. The molecule has 0 fully saturated rings. The maximum absolute atomic E-state index is 13.8. The molecule has 0 heterocycles. The molecule has 0 saturated carbocycles. The molecular formula is C21H19Cl2F5N2. The third kappa shape index (κ3) is 6.19. The fourth-order valence-electron chi connectivity index (χ4n) is 2.55. The monoisotopic (exact) mass is 464 g/mol. The van der Waals surface area contributed by atoms with Crippen LogP contribution in [0.15, 0.2) is 29.4 Å². The Morgan fingerprint density at radius 2 is 1.53 bits per heavy atom. The van der Waals surface area contributed by atoms with Gasteiger partial charge in [-0.3, -0.25) is 5.43 Å². The quantitative estimate of drug-likeness (QED) is 0.0992. The average Bonchev–Trinajstić information content (AvgIpc) is 2.73. The minimum Gasteiger partial charge on any atom is -0.272 e. The number of benzene rings is 2. The molecule has 0 amide bonds. The van der Waals surface area contributed by atoms with Gasteiger partial charge in [-0.15, -0.1) is 0 Å². The molecule has 9 heteroatoms. The normalized spacial score (nSPS) is 12.1. The van der Waals surface area contributed by atoms with E-state index in [2.05, 4.69) is 5.10 Å². The summed E-state index contributed by atoms with van der Waals surface area (Å²) in [5.41, 5.74) is 1.83. The minimum atomic E-state index is -2.22. The molecule has 2 aromatic rings. The zero-order valence-corrected chi connectivity index (χ0v) is 17.5. The second kappa shape index (κ2) is 11.3. The number of nitrogens with one attached hydrogen (secondary N) is 1. The highest BCUT2D eigenvalue weighted by Gasteiger charge is 2.25. The molecule has 0 atom stereocenters. The number of anilines is 1. The van der Waals surface area contributed by atoms with Gasteiger partial charge in [0.1, 0.15) is 5.69 Å². The average molecular weight is 465 g/mol. The van der Waals surface area contributed by atoms with E-state index in [0.29, 0.717) is 27.7 Å². The van der Waals surface area contributed by atoms with Gasteiger partial charge in [-0.05, 0) is 36.6 Å². The van der Waals surface area contributed by atoms with Crippen molar-refractivity contribution >= 4 is 40.7 Å². The molecule has 0 aliphatic carbocycles. The van der Waals surface area contributed by atoms with Crippen molar-refractivity contribution in [2.45, 2.75) is 39.0 Å². The predicted molar refractivity (Wildman–Crippen MR) is 112 cm³/mol. The van der Waals surface area contributed by atoms with Gasteiger partial charge in [0, 0.05) is 0 Å². The van der Waals surface area contributed by atoms with Crippen molar-refractivity contribution in [1.29, 1.82) is 0 Å². The molecule has 0 aromatic heterocycles. The van der Waals surface area contributed by atoms with Crippen molar-refractivity contribution in [2.24, 2.45) is 5.10 Å². The number of hydrogen-bond acceptors (Lipinski definition) is 2. The van der Waals surface area contributed by atoms with E-state index in [4.69, 9.17) is 23.2 Å². The fourth-order valence-corrected chi connectivity index (χ4v) is 2.86. The Labute approximate surface area is 181 Å². The number of unbranched alkanes of at least 4 members (excludes halogenated alkanes) is 3. The molecular weight excluding hydrogens is 446 g/mol. The zero-order chi connectivity index (χ0) is 22.3. The van der Waals surface area contributed by atoms with Crippen LogP contribution in [0.2, 0.25) is 10.0 Å². The van der Waals surface area contributed by atoms with Gasteiger partial charge in [-0.2, -0.15) is 5.10 Å². The molecule has 2 aromatic carbocycles. The summed E-state index contributed by atoms with van der Waals surface area (Å²) in [4.78, 5) is 0. The first kappa shape index (κ1) is 24.2. The van der Waals surface area contributed by atoms with Crippen molar-refractivity contribution in [3.63, 3.8) is 0 Å². The van der Waals surface area contributed by atoms with Crippen LogP contribution < -0.4 is 5.43 Å². The van der Waals surface area contributed by atoms with Crippen molar-refractivity contribution in [3.05, 3.63) is 69.0 Å². The van der Waals surface area contributed by atoms with E-state index in [1.54, 1.807) is 30.4 Å². The van der Waals surface area contributed by atoms with Crippen molar-refractivity contribution in [2.75, 3.05) is 5.43 Å². The molecule has 30 heavy (non-hydrogen) atoms. The van der Waals surface area contributed by atoms with Gasteiger partial charge < -0.3 is 0 Å². The zero-order valence-electron chi connectivity index (χ0n) is 16.0. The van der Waals surface area contributed by atoms with Crippen LogP contribution in [0.4, 0.5) is 27.6 Å². The summed E-state index contributed by atoms with van der Waals surface area (Å²) in [6.45, 7) is 2.05. The van der Waals surface area contributed by atoms with E-state index >= 15 is 0 Å². The molecule has 162 valence electrons. The molecule has 0 aliphatic heterocycles. The largest absolute Gasteiger partial charge is 0.272 e. The third-order valence-corrected chi connectivity index (χ3v) is 4.96. The van der Waals surface area contributed by atoms with E-state index in [0.717, 1.165) is 25.7 Å². The molecule has 2 rings (SSSR count). The van der Waals surface area contributed by atoms with Crippen LogP contribution in [0.1, 0.15) is 44.6 Å². The lowest BCUT2D eigenvalue weighted by atomic mass is 10.1. The molecule has 0 bridgehead atoms. The summed E-state index contributed by atoms with van der Waals surface area (Å²) >= 11 is 11.8.